The Morgan fingerprint density at radius 3 is 2.00 bits per heavy atom. The van der Waals surface area contributed by atoms with Crippen molar-refractivity contribution in [1.29, 1.82) is 0 Å². The molecular formula is C23H28N4O6S. The molecule has 1 unspecified atom stereocenters. The number of sulfone groups is 1. The number of carbonyl (C=O) groups excluding carboxylic acids is 3. The van der Waals surface area contributed by atoms with Gasteiger partial charge in [0.1, 0.15) is 0 Å². The minimum atomic E-state index is -2.90. The molecule has 0 bridgehead atoms. The maximum atomic E-state index is 12.8. The average molecular weight is 489 g/mol. The number of benzene rings is 2. The van der Waals surface area contributed by atoms with Gasteiger partial charge in [0, 0.05) is 39.3 Å². The lowest BCUT2D eigenvalue weighted by Crippen LogP contribution is -2.54. The highest BCUT2D eigenvalue weighted by Gasteiger charge is 2.33. The van der Waals surface area contributed by atoms with Crippen LogP contribution in [0.2, 0.25) is 0 Å². The van der Waals surface area contributed by atoms with Crippen LogP contribution in [-0.4, -0.2) is 85.9 Å². The van der Waals surface area contributed by atoms with Gasteiger partial charge in [0.15, 0.2) is 15.9 Å². The van der Waals surface area contributed by atoms with Crippen LogP contribution in [0.5, 0.6) is 0 Å². The Morgan fingerprint density at radius 1 is 0.971 bits per heavy atom. The quantitative estimate of drug-likeness (QED) is 0.289. The molecule has 0 aliphatic carbocycles. The number of amides is 3. The minimum Gasteiger partial charge on any atom is -0.357 e. The third-order valence-electron chi connectivity index (χ3n) is 5.82. The van der Waals surface area contributed by atoms with Crippen LogP contribution < -0.4 is 10.8 Å². The topological polar surface area (TPSA) is 136 Å². The number of likely N-dealkylation sites (N-methyl/N-ethyl adjacent to an activating group) is 2. The summed E-state index contributed by atoms with van der Waals surface area (Å²) < 4.78 is 23.2. The molecule has 3 rings (SSSR count). The SMILES string of the molecule is CNC(=O)C(C(=O)NO)N(C)C(=O)c1ccc(-c2ccc(CN3CCS(=O)(=O)CC3)cc2)cc1. The third-order valence-corrected chi connectivity index (χ3v) is 7.43. The molecule has 2 aromatic rings. The predicted molar refractivity (Wildman–Crippen MR) is 126 cm³/mol. The summed E-state index contributed by atoms with van der Waals surface area (Å²) in [5, 5.41) is 11.2. The second kappa shape index (κ2) is 10.8. The first-order chi connectivity index (χ1) is 16.1. The number of hydroxylamine groups is 1. The van der Waals surface area contributed by atoms with Crippen LogP contribution in [0.25, 0.3) is 11.1 Å². The molecule has 1 atom stereocenters. The largest absolute Gasteiger partial charge is 0.357 e. The first-order valence-corrected chi connectivity index (χ1v) is 12.5. The van der Waals surface area contributed by atoms with E-state index in [1.807, 2.05) is 24.3 Å². The Labute approximate surface area is 198 Å². The number of carbonyl (C=O) groups is 3. The third kappa shape index (κ3) is 5.99. The molecule has 0 saturated carbocycles. The monoisotopic (exact) mass is 488 g/mol. The second-order valence-electron chi connectivity index (χ2n) is 8.11. The fourth-order valence-corrected chi connectivity index (χ4v) is 5.04. The summed E-state index contributed by atoms with van der Waals surface area (Å²) in [6.07, 6.45) is 0. The second-order valence-corrected chi connectivity index (χ2v) is 10.4. The number of rotatable bonds is 7. The van der Waals surface area contributed by atoms with Crippen molar-refractivity contribution < 1.29 is 28.0 Å². The summed E-state index contributed by atoms with van der Waals surface area (Å²) in [6, 6.07) is 13.1. The van der Waals surface area contributed by atoms with Crippen LogP contribution in [0.3, 0.4) is 0 Å². The molecule has 182 valence electrons. The molecule has 0 radical (unpaired) electrons. The smallest absolute Gasteiger partial charge is 0.275 e. The Kier molecular flexibility index (Phi) is 8.02. The summed E-state index contributed by atoms with van der Waals surface area (Å²) in [5.74, 6) is -1.91. The molecule has 1 aliphatic heterocycles. The van der Waals surface area contributed by atoms with E-state index in [0.717, 1.165) is 21.6 Å². The van der Waals surface area contributed by atoms with Crippen molar-refractivity contribution in [3.63, 3.8) is 0 Å². The zero-order chi connectivity index (χ0) is 24.9. The van der Waals surface area contributed by atoms with Crippen molar-refractivity contribution in [1.82, 2.24) is 20.6 Å². The number of nitrogens with one attached hydrogen (secondary N) is 2. The molecule has 11 heteroatoms. The Balaban J connectivity index is 1.67. The summed E-state index contributed by atoms with van der Waals surface area (Å²) in [5.41, 5.74) is 4.60. The summed E-state index contributed by atoms with van der Waals surface area (Å²) in [7, 11) is -0.265. The molecule has 0 aromatic heterocycles. The lowest BCUT2D eigenvalue weighted by Gasteiger charge is -2.26. The Hall–Kier alpha value is -3.28. The van der Waals surface area contributed by atoms with Crippen LogP contribution >= 0.6 is 0 Å². The van der Waals surface area contributed by atoms with Crippen molar-refractivity contribution in [2.45, 2.75) is 12.6 Å². The van der Waals surface area contributed by atoms with Crippen LogP contribution in [-0.2, 0) is 26.0 Å². The molecule has 2 aromatic carbocycles. The number of nitrogens with zero attached hydrogens (tertiary/aromatic N) is 2. The van der Waals surface area contributed by atoms with Crippen LogP contribution in [0, 0.1) is 0 Å². The molecule has 3 amide bonds. The Morgan fingerprint density at radius 2 is 1.50 bits per heavy atom. The lowest BCUT2D eigenvalue weighted by atomic mass is 10.0. The van der Waals surface area contributed by atoms with Crippen molar-refractivity contribution in [3.05, 3.63) is 59.7 Å². The fourth-order valence-electron chi connectivity index (χ4n) is 3.76. The fraction of sp³-hybridized carbons (Fsp3) is 0.348. The van der Waals surface area contributed by atoms with E-state index in [1.54, 1.807) is 24.3 Å². The van der Waals surface area contributed by atoms with Gasteiger partial charge in [0.25, 0.3) is 17.7 Å². The first kappa shape index (κ1) is 25.3. The van der Waals surface area contributed by atoms with Gasteiger partial charge in [-0.3, -0.25) is 24.5 Å². The molecule has 1 aliphatic rings. The maximum absolute atomic E-state index is 12.8. The van der Waals surface area contributed by atoms with Gasteiger partial charge in [-0.15, -0.1) is 0 Å². The predicted octanol–water partition coefficient (Wildman–Crippen LogP) is 0.276. The molecule has 34 heavy (non-hydrogen) atoms. The van der Waals surface area contributed by atoms with E-state index in [-0.39, 0.29) is 17.1 Å². The van der Waals surface area contributed by atoms with E-state index in [9.17, 15) is 22.8 Å². The van der Waals surface area contributed by atoms with Gasteiger partial charge in [-0.1, -0.05) is 36.4 Å². The van der Waals surface area contributed by atoms with Gasteiger partial charge in [-0.2, -0.15) is 0 Å². The van der Waals surface area contributed by atoms with Crippen molar-refractivity contribution in [2.24, 2.45) is 0 Å². The van der Waals surface area contributed by atoms with Crippen molar-refractivity contribution in [2.75, 3.05) is 38.7 Å². The van der Waals surface area contributed by atoms with Gasteiger partial charge in [-0.05, 0) is 28.8 Å². The highest BCUT2D eigenvalue weighted by atomic mass is 32.2. The molecule has 1 saturated heterocycles. The average Bonchev–Trinajstić information content (AvgIpc) is 2.85. The van der Waals surface area contributed by atoms with Crippen molar-refractivity contribution >= 4 is 27.6 Å². The molecule has 3 N–H and O–H groups in total. The zero-order valence-corrected chi connectivity index (χ0v) is 19.8. The zero-order valence-electron chi connectivity index (χ0n) is 19.0. The van der Waals surface area contributed by atoms with E-state index in [2.05, 4.69) is 10.2 Å². The van der Waals surface area contributed by atoms with E-state index in [1.165, 1.54) is 19.6 Å². The molecule has 10 nitrogen and oxygen atoms in total. The van der Waals surface area contributed by atoms with E-state index >= 15 is 0 Å². The summed E-state index contributed by atoms with van der Waals surface area (Å²) in [4.78, 5) is 39.7. The number of hydrogen-bond donors (Lipinski definition) is 3. The molecular weight excluding hydrogens is 460 g/mol. The molecule has 0 spiro atoms. The summed E-state index contributed by atoms with van der Waals surface area (Å²) >= 11 is 0. The van der Waals surface area contributed by atoms with Crippen molar-refractivity contribution in [3.8, 4) is 11.1 Å². The first-order valence-electron chi connectivity index (χ1n) is 10.7. The van der Waals surface area contributed by atoms with E-state index in [4.69, 9.17) is 5.21 Å². The molecule has 1 fully saturated rings. The van der Waals surface area contributed by atoms with Gasteiger partial charge < -0.3 is 10.2 Å². The standard InChI is InChI=1S/C23H28N4O6S/c1-24-21(28)20(22(29)25-31)26(2)23(30)19-9-7-18(8-10-19)17-5-3-16(4-6-17)15-27-11-13-34(32,33)14-12-27/h3-10,20,31H,11-15H2,1-2H3,(H,24,28)(H,25,29). The highest BCUT2D eigenvalue weighted by molar-refractivity contribution is 7.91. The maximum Gasteiger partial charge on any atom is 0.275 e. The van der Waals surface area contributed by atoms with Crippen LogP contribution in [0.1, 0.15) is 15.9 Å². The minimum absolute atomic E-state index is 0.194. The van der Waals surface area contributed by atoms with Gasteiger partial charge >= 0.3 is 0 Å². The van der Waals surface area contributed by atoms with Gasteiger partial charge in [-0.25, -0.2) is 13.9 Å². The lowest BCUT2D eigenvalue weighted by molar-refractivity contribution is -0.140. The summed E-state index contributed by atoms with van der Waals surface area (Å²) in [6.45, 7) is 1.76. The number of hydrogen-bond acceptors (Lipinski definition) is 7. The van der Waals surface area contributed by atoms with E-state index < -0.39 is 33.6 Å². The highest BCUT2D eigenvalue weighted by Crippen LogP contribution is 2.22. The van der Waals surface area contributed by atoms with Crippen LogP contribution in [0.15, 0.2) is 48.5 Å². The van der Waals surface area contributed by atoms with E-state index in [0.29, 0.717) is 19.6 Å². The van der Waals surface area contributed by atoms with Gasteiger partial charge in [0.2, 0.25) is 0 Å². The van der Waals surface area contributed by atoms with Gasteiger partial charge in [0.05, 0.1) is 11.5 Å². The normalized spacial score (nSPS) is 16.3. The molecule has 1 heterocycles. The Bertz CT molecular complexity index is 1120. The van der Waals surface area contributed by atoms with Crippen LogP contribution in [0.4, 0.5) is 0 Å².